The Morgan fingerprint density at radius 3 is 2.70 bits per heavy atom. The fourth-order valence-corrected chi connectivity index (χ4v) is 5.70. The van der Waals surface area contributed by atoms with Gasteiger partial charge in [0.25, 0.3) is 0 Å². The Bertz CT molecular complexity index is 855. The van der Waals surface area contributed by atoms with Gasteiger partial charge in [0, 0.05) is 43.2 Å². The van der Waals surface area contributed by atoms with Crippen molar-refractivity contribution in [2.45, 2.75) is 63.3 Å². The highest BCUT2D eigenvalue weighted by molar-refractivity contribution is 6.30. The average molecular weight is 541 g/mol. The number of urea groups is 1. The summed E-state index contributed by atoms with van der Waals surface area (Å²) in [6.07, 6.45) is 4.21. The molecule has 10 heteroatoms. The third-order valence-corrected chi connectivity index (χ3v) is 7.61. The number of likely N-dealkylation sites (N-methyl/N-ethyl adjacent to an activating group) is 1. The first-order valence-corrected chi connectivity index (χ1v) is 13.8. The smallest absolute Gasteiger partial charge is 0.406 e. The summed E-state index contributed by atoms with van der Waals surface area (Å²) >= 11 is 6.27. The number of rotatable bonds is 11. The van der Waals surface area contributed by atoms with Crippen LogP contribution in [-0.2, 0) is 9.47 Å². The number of carbonyl (C=O) groups is 2. The second-order valence-electron chi connectivity index (χ2n) is 10.2. The van der Waals surface area contributed by atoms with E-state index < -0.39 is 12.3 Å². The predicted octanol–water partition coefficient (Wildman–Crippen LogP) is 4.68. The highest BCUT2D eigenvalue weighted by atomic mass is 35.5. The van der Waals surface area contributed by atoms with Crippen molar-refractivity contribution < 1.29 is 23.5 Å². The van der Waals surface area contributed by atoms with E-state index >= 15 is 0 Å². The summed E-state index contributed by atoms with van der Waals surface area (Å²) in [7, 11) is 3.21. The number of benzene rings is 1. The van der Waals surface area contributed by atoms with Gasteiger partial charge in [0.1, 0.15) is 6.17 Å². The van der Waals surface area contributed by atoms with E-state index in [0.717, 1.165) is 37.7 Å². The molecule has 2 aliphatic rings. The van der Waals surface area contributed by atoms with Crippen LogP contribution in [0, 0.1) is 11.8 Å². The van der Waals surface area contributed by atoms with Crippen LogP contribution in [0.2, 0.25) is 5.02 Å². The van der Waals surface area contributed by atoms with Gasteiger partial charge in [0.05, 0.1) is 19.8 Å². The van der Waals surface area contributed by atoms with Crippen molar-refractivity contribution in [3.8, 4) is 0 Å². The van der Waals surface area contributed by atoms with Gasteiger partial charge in [-0.25, -0.2) is 14.0 Å². The highest BCUT2D eigenvalue weighted by Gasteiger charge is 2.32. The molecule has 0 aromatic heterocycles. The first-order chi connectivity index (χ1) is 17.9. The third kappa shape index (κ3) is 9.61. The molecule has 1 aliphatic carbocycles. The normalized spacial score (nSPS) is 23.7. The molecule has 208 valence electrons. The molecule has 1 aromatic carbocycles. The number of nitrogens with one attached hydrogen (secondary N) is 3. The molecule has 1 heterocycles. The van der Waals surface area contributed by atoms with Gasteiger partial charge < -0.3 is 30.3 Å². The number of hydrogen-bond donors (Lipinski definition) is 3. The van der Waals surface area contributed by atoms with Gasteiger partial charge in [-0.05, 0) is 75.6 Å². The molecule has 37 heavy (non-hydrogen) atoms. The zero-order chi connectivity index (χ0) is 26.6. The van der Waals surface area contributed by atoms with Crippen LogP contribution >= 0.6 is 11.6 Å². The van der Waals surface area contributed by atoms with Crippen molar-refractivity contribution in [1.29, 1.82) is 0 Å². The molecule has 0 bridgehead atoms. The summed E-state index contributed by atoms with van der Waals surface area (Å²) in [6, 6.07) is 7.53. The van der Waals surface area contributed by atoms with Gasteiger partial charge in [0.15, 0.2) is 0 Å². The van der Waals surface area contributed by atoms with Gasteiger partial charge in [-0.2, -0.15) is 0 Å². The Hall–Kier alpha value is -2.10. The number of piperidine rings is 1. The standard InChI is InChI=1S/C27H42ClFN4O4/c1-30-17-24(15-19-8-10-23(29)11-9-19)32-26(34)33-13-4-6-21(18-33)25(20-5-3-7-22(28)16-20)37-14-12-31-27(35)36-2/h3,5,7,16,19,21,23-25,30H,4,6,8-15,17-18H2,1-2H3,(H,31,35)(H,32,34). The molecule has 3 amide bonds. The quantitative estimate of drug-likeness (QED) is 0.354. The van der Waals surface area contributed by atoms with Crippen LogP contribution in [-0.4, -0.2) is 76.2 Å². The van der Waals surface area contributed by atoms with Gasteiger partial charge in [-0.3, -0.25) is 0 Å². The maximum Gasteiger partial charge on any atom is 0.406 e. The summed E-state index contributed by atoms with van der Waals surface area (Å²) in [5, 5.41) is 9.69. The monoisotopic (exact) mass is 540 g/mol. The Labute approximate surface area is 225 Å². The van der Waals surface area contributed by atoms with Gasteiger partial charge >= 0.3 is 12.1 Å². The molecule has 3 atom stereocenters. The van der Waals surface area contributed by atoms with Crippen LogP contribution in [0.15, 0.2) is 24.3 Å². The van der Waals surface area contributed by atoms with Crippen molar-refractivity contribution in [2.75, 3.05) is 46.9 Å². The number of halogens is 2. The van der Waals surface area contributed by atoms with Gasteiger partial charge in [-0.15, -0.1) is 0 Å². The zero-order valence-electron chi connectivity index (χ0n) is 22.0. The molecule has 1 aromatic rings. The van der Waals surface area contributed by atoms with E-state index in [2.05, 4.69) is 20.7 Å². The maximum atomic E-state index is 13.6. The molecule has 3 N–H and O–H groups in total. The number of methoxy groups -OCH3 is 1. The van der Waals surface area contributed by atoms with Gasteiger partial charge in [0.2, 0.25) is 0 Å². The molecule has 3 unspecified atom stereocenters. The molecule has 8 nitrogen and oxygen atoms in total. The van der Waals surface area contributed by atoms with Crippen molar-refractivity contribution in [1.82, 2.24) is 20.9 Å². The van der Waals surface area contributed by atoms with Crippen LogP contribution in [0.25, 0.3) is 0 Å². The molecular formula is C27H42ClFN4O4. The first kappa shape index (κ1) is 29.5. The molecule has 1 aliphatic heterocycles. The molecule has 2 fully saturated rings. The molecule has 0 spiro atoms. The average Bonchev–Trinajstić information content (AvgIpc) is 2.90. The van der Waals surface area contributed by atoms with Crippen molar-refractivity contribution in [3.63, 3.8) is 0 Å². The zero-order valence-corrected chi connectivity index (χ0v) is 22.8. The number of amides is 3. The van der Waals surface area contributed by atoms with Crippen LogP contribution in [0.5, 0.6) is 0 Å². The van der Waals surface area contributed by atoms with E-state index in [9.17, 15) is 14.0 Å². The largest absolute Gasteiger partial charge is 0.453 e. The lowest BCUT2D eigenvalue weighted by Crippen LogP contribution is -2.52. The fourth-order valence-electron chi connectivity index (χ4n) is 5.51. The van der Waals surface area contributed by atoms with E-state index in [1.165, 1.54) is 7.11 Å². The molecule has 3 rings (SSSR count). The van der Waals surface area contributed by atoms with Crippen molar-refractivity contribution >= 4 is 23.7 Å². The summed E-state index contributed by atoms with van der Waals surface area (Å²) in [4.78, 5) is 26.6. The van der Waals surface area contributed by atoms with Crippen LogP contribution in [0.1, 0.15) is 56.6 Å². The number of carbonyl (C=O) groups excluding carboxylic acids is 2. The summed E-state index contributed by atoms with van der Waals surface area (Å²) in [6.45, 7) is 2.55. The number of nitrogens with zero attached hydrogens (tertiary/aromatic N) is 1. The number of alkyl halides is 1. The lowest BCUT2D eigenvalue weighted by molar-refractivity contribution is -0.00865. The van der Waals surface area contributed by atoms with E-state index in [1.807, 2.05) is 36.2 Å². The van der Waals surface area contributed by atoms with E-state index in [4.69, 9.17) is 16.3 Å². The van der Waals surface area contributed by atoms with Crippen molar-refractivity contribution in [2.24, 2.45) is 11.8 Å². The fraction of sp³-hybridized carbons (Fsp3) is 0.704. The second kappa shape index (κ2) is 15.3. The molecule has 1 saturated carbocycles. The topological polar surface area (TPSA) is 91.9 Å². The molecular weight excluding hydrogens is 499 g/mol. The van der Waals surface area contributed by atoms with Crippen LogP contribution < -0.4 is 16.0 Å². The lowest BCUT2D eigenvalue weighted by atomic mass is 9.84. The minimum absolute atomic E-state index is 0.00316. The Kier molecular flexibility index (Phi) is 12.2. The number of alkyl carbamates (subject to hydrolysis) is 1. The number of hydrogen-bond acceptors (Lipinski definition) is 5. The number of likely N-dealkylation sites (tertiary alicyclic amines) is 1. The summed E-state index contributed by atoms with van der Waals surface area (Å²) in [5.41, 5.74) is 0.953. The highest BCUT2D eigenvalue weighted by Crippen LogP contribution is 2.34. The van der Waals surface area contributed by atoms with E-state index in [1.54, 1.807) is 0 Å². The summed E-state index contributed by atoms with van der Waals surface area (Å²) < 4.78 is 24.4. The molecule has 1 saturated heterocycles. The maximum absolute atomic E-state index is 13.6. The SMILES string of the molecule is CNCC(CC1CCC(F)CC1)NC(=O)N1CCCC(C(OCCNC(=O)OC)c2cccc(Cl)c2)C1. The summed E-state index contributed by atoms with van der Waals surface area (Å²) in [5.74, 6) is 0.526. The lowest BCUT2D eigenvalue weighted by Gasteiger charge is -2.38. The minimum Gasteiger partial charge on any atom is -0.453 e. The van der Waals surface area contributed by atoms with Crippen LogP contribution in [0.3, 0.4) is 0 Å². The first-order valence-electron chi connectivity index (χ1n) is 13.4. The van der Waals surface area contributed by atoms with E-state index in [-0.39, 0.29) is 24.1 Å². The predicted molar refractivity (Wildman–Crippen MR) is 143 cm³/mol. The van der Waals surface area contributed by atoms with Crippen LogP contribution in [0.4, 0.5) is 14.0 Å². The van der Waals surface area contributed by atoms with E-state index in [0.29, 0.717) is 56.6 Å². The second-order valence-corrected chi connectivity index (χ2v) is 10.6. The van der Waals surface area contributed by atoms with Crippen molar-refractivity contribution in [3.05, 3.63) is 34.9 Å². The number of ether oxygens (including phenoxy) is 2. The van der Waals surface area contributed by atoms with Gasteiger partial charge in [-0.1, -0.05) is 23.7 Å². The Morgan fingerprint density at radius 1 is 1.22 bits per heavy atom. The Morgan fingerprint density at radius 2 is 2.00 bits per heavy atom. The molecule has 0 radical (unpaired) electrons. The minimum atomic E-state index is -0.676. The Balaban J connectivity index is 1.61. The third-order valence-electron chi connectivity index (χ3n) is 7.38.